The number of aliphatic hydroxyl groups is 1. The van der Waals surface area contributed by atoms with Crippen molar-refractivity contribution >= 4 is 15.5 Å². The van der Waals surface area contributed by atoms with E-state index >= 15 is 0 Å². The molecule has 0 radical (unpaired) electrons. The van der Waals surface area contributed by atoms with Crippen molar-refractivity contribution in [2.24, 2.45) is 0 Å². The Labute approximate surface area is 113 Å². The largest absolute Gasteiger partial charge is 0.395 e. The number of nitrogens with zero attached hydrogens (tertiary/aromatic N) is 1. The van der Waals surface area contributed by atoms with Crippen molar-refractivity contribution in [1.82, 2.24) is 0 Å². The van der Waals surface area contributed by atoms with Crippen molar-refractivity contribution < 1.29 is 31.1 Å². The van der Waals surface area contributed by atoms with Crippen LogP contribution in [-0.4, -0.2) is 45.4 Å². The molecule has 1 aromatic rings. The molecule has 0 heterocycles. The Morgan fingerprint density at radius 3 is 2.05 bits per heavy atom. The molecular weight excluding hydrogens is 302 g/mol. The zero-order chi connectivity index (χ0) is 15.3. The van der Waals surface area contributed by atoms with Crippen molar-refractivity contribution in [3.8, 4) is 0 Å². The van der Waals surface area contributed by atoms with Gasteiger partial charge in [0.1, 0.15) is 0 Å². The molecule has 0 spiro atoms. The van der Waals surface area contributed by atoms with Crippen molar-refractivity contribution in [2.75, 3.05) is 24.6 Å². The minimum atomic E-state index is -4.70. The Morgan fingerprint density at radius 2 is 1.65 bits per heavy atom. The zero-order valence-corrected chi connectivity index (χ0v) is 11.0. The van der Waals surface area contributed by atoms with Gasteiger partial charge >= 0.3 is 5.76 Å². The Bertz CT molecular complexity index is 519. The van der Waals surface area contributed by atoms with Gasteiger partial charge in [0.05, 0.1) is 18.0 Å². The van der Waals surface area contributed by atoms with Gasteiger partial charge in [-0.05, 0) is 24.3 Å². The number of alkyl halides is 4. The molecule has 0 aliphatic carbocycles. The fourth-order valence-electron chi connectivity index (χ4n) is 1.56. The van der Waals surface area contributed by atoms with Crippen LogP contribution in [-0.2, 0) is 9.84 Å². The predicted octanol–water partition coefficient (Wildman–Crippen LogP) is 1.75. The van der Waals surface area contributed by atoms with E-state index in [2.05, 4.69) is 0 Å². The zero-order valence-electron chi connectivity index (χ0n) is 10.2. The minimum Gasteiger partial charge on any atom is -0.395 e. The van der Waals surface area contributed by atoms with Gasteiger partial charge in [-0.1, -0.05) is 0 Å². The molecule has 20 heavy (non-hydrogen) atoms. The molecule has 1 rings (SSSR count). The molecule has 0 atom stereocenters. The second-order valence-corrected chi connectivity index (χ2v) is 5.78. The first-order valence-corrected chi connectivity index (χ1v) is 7.09. The molecule has 0 saturated carbocycles. The van der Waals surface area contributed by atoms with Crippen molar-refractivity contribution in [3.63, 3.8) is 0 Å². The molecule has 1 aromatic carbocycles. The topological polar surface area (TPSA) is 57.6 Å². The first-order valence-electron chi connectivity index (χ1n) is 5.55. The summed E-state index contributed by atoms with van der Waals surface area (Å²) in [7, 11) is -4.70. The van der Waals surface area contributed by atoms with Crippen LogP contribution in [0.1, 0.15) is 0 Å². The van der Waals surface area contributed by atoms with Crippen molar-refractivity contribution in [1.29, 1.82) is 0 Å². The van der Waals surface area contributed by atoms with Crippen molar-refractivity contribution in [2.45, 2.75) is 17.1 Å². The van der Waals surface area contributed by atoms with Crippen LogP contribution in [0.25, 0.3) is 0 Å². The summed E-state index contributed by atoms with van der Waals surface area (Å²) in [5, 5.41) is 8.79. The van der Waals surface area contributed by atoms with E-state index in [1.54, 1.807) is 0 Å². The summed E-state index contributed by atoms with van der Waals surface area (Å²) < 4.78 is 71.7. The first-order chi connectivity index (χ1) is 9.28. The highest BCUT2D eigenvalue weighted by Gasteiger charge is 2.26. The van der Waals surface area contributed by atoms with E-state index in [9.17, 15) is 26.0 Å². The third kappa shape index (κ3) is 4.07. The highest BCUT2D eigenvalue weighted by Crippen LogP contribution is 2.22. The molecule has 0 aliphatic rings. The lowest BCUT2D eigenvalue weighted by Crippen LogP contribution is -2.31. The second-order valence-electron chi connectivity index (χ2n) is 3.86. The van der Waals surface area contributed by atoms with Crippen LogP contribution in [0.4, 0.5) is 23.2 Å². The fourth-order valence-corrected chi connectivity index (χ4v) is 2.28. The molecular formula is C11H13F4NO3S. The van der Waals surface area contributed by atoms with Gasteiger partial charge in [0, 0.05) is 12.2 Å². The maximum Gasteiger partial charge on any atom is 0.341 e. The SMILES string of the molecule is O=S(=O)(c1ccc(N(CCO)CC(F)F)cc1)C(F)F. The minimum absolute atomic E-state index is 0.0781. The Hall–Kier alpha value is -1.35. The monoisotopic (exact) mass is 315 g/mol. The summed E-state index contributed by atoms with van der Waals surface area (Å²) in [5.41, 5.74) is 0.215. The fraction of sp³-hybridized carbons (Fsp3) is 0.455. The molecule has 114 valence electrons. The van der Waals surface area contributed by atoms with Crippen LogP contribution in [0.5, 0.6) is 0 Å². The number of sulfone groups is 1. The van der Waals surface area contributed by atoms with E-state index in [-0.39, 0.29) is 18.8 Å². The molecule has 4 nitrogen and oxygen atoms in total. The smallest absolute Gasteiger partial charge is 0.341 e. The van der Waals surface area contributed by atoms with E-state index in [4.69, 9.17) is 5.11 Å². The number of benzene rings is 1. The molecule has 0 unspecified atom stereocenters. The molecule has 9 heteroatoms. The van der Waals surface area contributed by atoms with E-state index < -0.39 is 33.5 Å². The van der Waals surface area contributed by atoms with E-state index in [0.717, 1.165) is 29.2 Å². The van der Waals surface area contributed by atoms with E-state index in [1.807, 2.05) is 0 Å². The summed E-state index contributed by atoms with van der Waals surface area (Å²) in [5.74, 6) is -3.54. The van der Waals surface area contributed by atoms with Gasteiger partial charge in [0.2, 0.25) is 9.84 Å². The quantitative estimate of drug-likeness (QED) is 0.779. The number of rotatable bonds is 7. The van der Waals surface area contributed by atoms with Gasteiger partial charge in [-0.15, -0.1) is 0 Å². The molecule has 1 N–H and O–H groups in total. The Balaban J connectivity index is 2.99. The number of hydrogen-bond donors (Lipinski definition) is 1. The lowest BCUT2D eigenvalue weighted by atomic mass is 10.3. The van der Waals surface area contributed by atoms with Crippen LogP contribution in [0.2, 0.25) is 0 Å². The number of halogens is 4. The van der Waals surface area contributed by atoms with Crippen LogP contribution in [0, 0.1) is 0 Å². The normalized spacial score (nSPS) is 12.2. The average molecular weight is 315 g/mol. The van der Waals surface area contributed by atoms with E-state index in [1.165, 1.54) is 0 Å². The number of hydrogen-bond acceptors (Lipinski definition) is 4. The van der Waals surface area contributed by atoms with Gasteiger partial charge in [-0.25, -0.2) is 17.2 Å². The van der Waals surface area contributed by atoms with Gasteiger partial charge in [0.25, 0.3) is 6.43 Å². The van der Waals surface area contributed by atoms with Crippen LogP contribution < -0.4 is 4.90 Å². The summed E-state index contributed by atoms with van der Waals surface area (Å²) in [6, 6.07) is 4.14. The Kier molecular flexibility index (Phi) is 5.75. The number of aliphatic hydroxyl groups excluding tert-OH is 1. The molecule has 0 aromatic heterocycles. The van der Waals surface area contributed by atoms with E-state index in [0.29, 0.717) is 0 Å². The second kappa shape index (κ2) is 6.89. The Morgan fingerprint density at radius 1 is 1.10 bits per heavy atom. The summed E-state index contributed by atoms with van der Waals surface area (Å²) >= 11 is 0. The van der Waals surface area contributed by atoms with Gasteiger partial charge in [-0.2, -0.15) is 8.78 Å². The summed E-state index contributed by atoms with van der Waals surface area (Å²) in [6.07, 6.45) is -2.65. The maximum atomic E-state index is 12.3. The summed E-state index contributed by atoms with van der Waals surface area (Å²) in [6.45, 7) is -1.10. The standard InChI is InChI=1S/C11H13F4NO3S/c12-10(13)7-16(5-6-17)8-1-3-9(4-2-8)20(18,19)11(14)15/h1-4,10-11,17H,5-7H2. The molecule has 0 fully saturated rings. The van der Waals surface area contributed by atoms with Gasteiger partial charge < -0.3 is 10.0 Å². The summed E-state index contributed by atoms with van der Waals surface area (Å²) in [4.78, 5) is 0.543. The highest BCUT2D eigenvalue weighted by atomic mass is 32.2. The van der Waals surface area contributed by atoms with Crippen LogP contribution >= 0.6 is 0 Å². The third-order valence-corrected chi connectivity index (χ3v) is 3.89. The van der Waals surface area contributed by atoms with Crippen LogP contribution in [0.3, 0.4) is 0 Å². The lowest BCUT2D eigenvalue weighted by Gasteiger charge is -2.23. The lowest BCUT2D eigenvalue weighted by molar-refractivity contribution is 0.153. The van der Waals surface area contributed by atoms with Gasteiger partial charge in [0.15, 0.2) is 0 Å². The first kappa shape index (κ1) is 16.7. The van der Waals surface area contributed by atoms with Crippen LogP contribution in [0.15, 0.2) is 29.2 Å². The average Bonchev–Trinajstić information content (AvgIpc) is 2.37. The third-order valence-electron chi connectivity index (χ3n) is 2.49. The maximum absolute atomic E-state index is 12.3. The molecule has 0 aliphatic heterocycles. The van der Waals surface area contributed by atoms with Gasteiger partial charge in [-0.3, -0.25) is 0 Å². The van der Waals surface area contributed by atoms with Crippen molar-refractivity contribution in [3.05, 3.63) is 24.3 Å². The predicted molar refractivity (Wildman–Crippen MR) is 64.9 cm³/mol. The molecule has 0 saturated heterocycles. The highest BCUT2D eigenvalue weighted by molar-refractivity contribution is 7.91. The molecule has 0 amide bonds. The molecule has 0 bridgehead atoms. The number of anilines is 1.